The Bertz CT molecular complexity index is 953. The van der Waals surface area contributed by atoms with Gasteiger partial charge < -0.3 is 0 Å². The number of rotatable bonds is 3. The molecule has 120 valence electrons. The molecule has 8 nitrogen and oxygen atoms in total. The third kappa shape index (κ3) is 3.27. The van der Waals surface area contributed by atoms with Crippen molar-refractivity contribution < 1.29 is 9.59 Å². The molecule has 3 N–H and O–H groups in total. The fraction of sp³-hybridized carbons (Fsp3) is 0.0625. The van der Waals surface area contributed by atoms with Crippen molar-refractivity contribution >= 4 is 22.6 Å². The Balaban J connectivity index is 1.69. The van der Waals surface area contributed by atoms with Crippen LogP contribution in [0.25, 0.3) is 10.8 Å². The molecule has 0 unspecified atom stereocenters. The van der Waals surface area contributed by atoms with Crippen LogP contribution in [0.15, 0.2) is 53.6 Å². The van der Waals surface area contributed by atoms with Crippen LogP contribution in [0.3, 0.4) is 0 Å². The minimum Gasteiger partial charge on any atom is -0.273 e. The van der Waals surface area contributed by atoms with E-state index in [0.717, 1.165) is 0 Å². The first-order valence-electron chi connectivity index (χ1n) is 7.10. The van der Waals surface area contributed by atoms with Crippen molar-refractivity contribution in [3.8, 4) is 0 Å². The van der Waals surface area contributed by atoms with E-state index in [-0.39, 0.29) is 12.0 Å². The first-order chi connectivity index (χ1) is 11.6. The van der Waals surface area contributed by atoms with Gasteiger partial charge in [-0.05, 0) is 18.2 Å². The highest BCUT2D eigenvalue weighted by Gasteiger charge is 2.12. The van der Waals surface area contributed by atoms with Crippen LogP contribution in [-0.2, 0) is 11.2 Å². The zero-order valence-corrected chi connectivity index (χ0v) is 12.4. The second-order valence-corrected chi connectivity index (χ2v) is 4.97. The summed E-state index contributed by atoms with van der Waals surface area (Å²) in [6.07, 6.45) is 2.84. The van der Waals surface area contributed by atoms with Crippen molar-refractivity contribution in [1.29, 1.82) is 0 Å². The molecule has 0 aliphatic carbocycles. The van der Waals surface area contributed by atoms with Gasteiger partial charge in [0.1, 0.15) is 0 Å². The maximum absolute atomic E-state index is 12.0. The van der Waals surface area contributed by atoms with Gasteiger partial charge in [-0.3, -0.25) is 30.2 Å². The largest absolute Gasteiger partial charge is 0.273 e. The molecule has 0 fully saturated rings. The molecule has 0 aliphatic rings. The number of aromatic nitrogens is 3. The van der Waals surface area contributed by atoms with Crippen molar-refractivity contribution in [3.05, 3.63) is 70.4 Å². The van der Waals surface area contributed by atoms with Crippen molar-refractivity contribution in [2.45, 2.75) is 6.42 Å². The molecule has 0 saturated heterocycles. The third-order valence-electron chi connectivity index (χ3n) is 3.34. The first kappa shape index (κ1) is 15.3. The summed E-state index contributed by atoms with van der Waals surface area (Å²) < 4.78 is 0. The van der Waals surface area contributed by atoms with Crippen LogP contribution >= 0.6 is 0 Å². The Hall–Kier alpha value is -3.55. The summed E-state index contributed by atoms with van der Waals surface area (Å²) >= 11 is 0. The zero-order chi connectivity index (χ0) is 16.9. The molecule has 3 rings (SSSR count). The SMILES string of the molecule is O=C(Cc1n[nH]c(=O)c2ccccc12)NNC(=O)c1cccnc1. The van der Waals surface area contributed by atoms with Crippen LogP contribution in [0, 0.1) is 0 Å². The van der Waals surface area contributed by atoms with Gasteiger partial charge in [0, 0.05) is 17.8 Å². The summed E-state index contributed by atoms with van der Waals surface area (Å²) in [5, 5.41) is 7.31. The van der Waals surface area contributed by atoms with Crippen LogP contribution in [0.5, 0.6) is 0 Å². The van der Waals surface area contributed by atoms with Gasteiger partial charge in [0.05, 0.1) is 23.1 Å². The van der Waals surface area contributed by atoms with Gasteiger partial charge in [0.15, 0.2) is 0 Å². The lowest BCUT2D eigenvalue weighted by atomic mass is 10.1. The maximum Gasteiger partial charge on any atom is 0.272 e. The molecule has 0 spiro atoms. The van der Waals surface area contributed by atoms with E-state index in [0.29, 0.717) is 22.0 Å². The highest BCUT2D eigenvalue weighted by Crippen LogP contribution is 2.12. The number of aromatic amines is 1. The molecule has 2 heterocycles. The topological polar surface area (TPSA) is 117 Å². The molecule has 24 heavy (non-hydrogen) atoms. The minimum absolute atomic E-state index is 0.0926. The summed E-state index contributed by atoms with van der Waals surface area (Å²) in [6, 6.07) is 10.1. The number of H-pyrrole nitrogens is 1. The van der Waals surface area contributed by atoms with E-state index in [9.17, 15) is 14.4 Å². The van der Waals surface area contributed by atoms with Gasteiger partial charge in [-0.2, -0.15) is 5.10 Å². The summed E-state index contributed by atoms with van der Waals surface area (Å²) in [7, 11) is 0. The first-order valence-corrected chi connectivity index (χ1v) is 7.10. The van der Waals surface area contributed by atoms with Crippen LogP contribution in [0.2, 0.25) is 0 Å². The predicted octanol–water partition coefficient (Wildman–Crippen LogP) is 0.322. The predicted molar refractivity (Wildman–Crippen MR) is 85.9 cm³/mol. The standard InChI is InChI=1S/C16H13N5O3/c22-14(19-20-15(23)10-4-3-7-17-9-10)8-13-11-5-1-2-6-12(11)16(24)21-18-13/h1-7,9H,8H2,(H,19,22)(H,20,23)(H,21,24). The summed E-state index contributed by atoms with van der Waals surface area (Å²) in [4.78, 5) is 39.4. The quantitative estimate of drug-likeness (QED) is 0.600. The van der Waals surface area contributed by atoms with Crippen molar-refractivity contribution in [1.82, 2.24) is 26.0 Å². The van der Waals surface area contributed by atoms with Gasteiger partial charge >= 0.3 is 0 Å². The number of nitrogens with zero attached hydrogens (tertiary/aromatic N) is 2. The van der Waals surface area contributed by atoms with E-state index >= 15 is 0 Å². The highest BCUT2D eigenvalue weighted by atomic mass is 16.2. The van der Waals surface area contributed by atoms with E-state index in [4.69, 9.17) is 0 Å². The Morgan fingerprint density at radius 2 is 1.83 bits per heavy atom. The number of amides is 2. The molecule has 0 saturated carbocycles. The van der Waals surface area contributed by atoms with E-state index < -0.39 is 11.8 Å². The van der Waals surface area contributed by atoms with E-state index in [1.165, 1.54) is 6.20 Å². The molecule has 1 aromatic carbocycles. The number of pyridine rings is 1. The van der Waals surface area contributed by atoms with E-state index in [2.05, 4.69) is 26.0 Å². The number of nitrogens with one attached hydrogen (secondary N) is 3. The van der Waals surface area contributed by atoms with Crippen LogP contribution in [-0.4, -0.2) is 27.0 Å². The molecule has 2 aromatic heterocycles. The number of hydrogen-bond donors (Lipinski definition) is 3. The average Bonchev–Trinajstić information content (AvgIpc) is 2.63. The number of carbonyl (C=O) groups excluding carboxylic acids is 2. The molecular formula is C16H13N5O3. The van der Waals surface area contributed by atoms with Crippen LogP contribution in [0.4, 0.5) is 0 Å². The fourth-order valence-corrected chi connectivity index (χ4v) is 2.20. The lowest BCUT2D eigenvalue weighted by molar-refractivity contribution is -0.121. The summed E-state index contributed by atoms with van der Waals surface area (Å²) in [6.45, 7) is 0. The Labute approximate surface area is 135 Å². The number of benzene rings is 1. The van der Waals surface area contributed by atoms with Crippen molar-refractivity contribution in [2.75, 3.05) is 0 Å². The zero-order valence-electron chi connectivity index (χ0n) is 12.4. The molecular weight excluding hydrogens is 310 g/mol. The van der Waals surface area contributed by atoms with Gasteiger partial charge in [0.2, 0.25) is 5.91 Å². The van der Waals surface area contributed by atoms with Gasteiger partial charge in [-0.1, -0.05) is 18.2 Å². The Kier molecular flexibility index (Phi) is 4.28. The molecule has 3 aromatic rings. The minimum atomic E-state index is -0.476. The summed E-state index contributed by atoms with van der Waals surface area (Å²) in [5.41, 5.74) is 5.03. The normalized spacial score (nSPS) is 10.3. The number of hydrazine groups is 1. The lowest BCUT2D eigenvalue weighted by Gasteiger charge is -2.08. The van der Waals surface area contributed by atoms with Gasteiger partial charge in [0.25, 0.3) is 11.5 Å². The lowest BCUT2D eigenvalue weighted by Crippen LogP contribution is -2.42. The fourth-order valence-electron chi connectivity index (χ4n) is 2.20. The molecule has 2 amide bonds. The van der Waals surface area contributed by atoms with Crippen molar-refractivity contribution in [2.24, 2.45) is 0 Å². The number of hydrogen-bond acceptors (Lipinski definition) is 5. The second kappa shape index (κ2) is 6.69. The molecule has 0 aliphatic heterocycles. The molecule has 8 heteroatoms. The highest BCUT2D eigenvalue weighted by molar-refractivity contribution is 5.95. The Morgan fingerprint density at radius 1 is 1.04 bits per heavy atom. The molecule has 0 atom stereocenters. The maximum atomic E-state index is 12.0. The van der Waals surface area contributed by atoms with Crippen LogP contribution in [0.1, 0.15) is 16.1 Å². The van der Waals surface area contributed by atoms with Crippen LogP contribution < -0.4 is 16.4 Å². The third-order valence-corrected chi connectivity index (χ3v) is 3.34. The summed E-state index contributed by atoms with van der Waals surface area (Å²) in [5.74, 6) is -0.937. The van der Waals surface area contributed by atoms with E-state index in [1.807, 2.05) is 0 Å². The van der Waals surface area contributed by atoms with Gasteiger partial charge in [-0.15, -0.1) is 0 Å². The average molecular weight is 323 g/mol. The Morgan fingerprint density at radius 3 is 2.58 bits per heavy atom. The number of fused-ring (bicyclic) bond motifs is 1. The second-order valence-electron chi connectivity index (χ2n) is 4.97. The smallest absolute Gasteiger partial charge is 0.272 e. The van der Waals surface area contributed by atoms with Gasteiger partial charge in [-0.25, -0.2) is 5.10 Å². The monoisotopic (exact) mass is 323 g/mol. The van der Waals surface area contributed by atoms with Crippen molar-refractivity contribution in [3.63, 3.8) is 0 Å². The number of carbonyl (C=O) groups is 2. The molecule has 0 radical (unpaired) electrons. The molecule has 0 bridgehead atoms. The van der Waals surface area contributed by atoms with E-state index in [1.54, 1.807) is 42.6 Å².